The molecule has 0 unspecified atom stereocenters. The van der Waals surface area contributed by atoms with Crippen molar-refractivity contribution in [3.05, 3.63) is 41.6 Å². The molecule has 26 heavy (non-hydrogen) atoms. The monoisotopic (exact) mass is 374 g/mol. The average molecular weight is 374 g/mol. The molecule has 1 fully saturated rings. The quantitative estimate of drug-likeness (QED) is 0.875. The fraction of sp³-hybridized carbons (Fsp3) is 0.412. The number of ether oxygens (including phenoxy) is 1. The predicted molar refractivity (Wildman–Crippen MR) is 99.0 cm³/mol. The van der Waals surface area contributed by atoms with Crippen molar-refractivity contribution in [1.82, 2.24) is 15.0 Å². The van der Waals surface area contributed by atoms with Crippen LogP contribution in [-0.2, 0) is 4.75 Å². The molecule has 2 N–H and O–H groups in total. The topological polar surface area (TPSA) is 89.5 Å². The van der Waals surface area contributed by atoms with Gasteiger partial charge in [-0.15, -0.1) is 0 Å². The number of nitrogens with zero attached hydrogens (tertiary/aromatic N) is 5. The van der Waals surface area contributed by atoms with E-state index in [2.05, 4.69) is 19.9 Å². The molecule has 0 aliphatic carbocycles. The van der Waals surface area contributed by atoms with Crippen molar-refractivity contribution in [2.75, 3.05) is 31.6 Å². The third kappa shape index (κ3) is 2.66. The molecule has 2 aliphatic rings. The Morgan fingerprint density at radius 3 is 2.96 bits per heavy atom. The highest BCUT2D eigenvalue weighted by atomic mass is 32.2. The highest BCUT2D eigenvalue weighted by Crippen LogP contribution is 2.50. The van der Waals surface area contributed by atoms with Crippen LogP contribution in [0.5, 0.6) is 5.88 Å². The summed E-state index contributed by atoms with van der Waals surface area (Å²) in [6, 6.07) is 5.88. The van der Waals surface area contributed by atoms with Crippen LogP contribution in [0, 0.1) is 18.7 Å². The molecule has 2 aliphatic heterocycles. The van der Waals surface area contributed by atoms with Crippen LogP contribution in [0.1, 0.15) is 11.4 Å². The molecule has 0 spiro atoms. The van der Waals surface area contributed by atoms with Gasteiger partial charge in [0.2, 0.25) is 11.8 Å². The van der Waals surface area contributed by atoms with Crippen LogP contribution in [0.3, 0.4) is 0 Å². The van der Waals surface area contributed by atoms with Gasteiger partial charge in [-0.25, -0.2) is 4.98 Å². The van der Waals surface area contributed by atoms with Gasteiger partial charge in [-0.3, -0.25) is 9.98 Å². The molecule has 0 saturated carbocycles. The maximum atomic E-state index is 14.0. The van der Waals surface area contributed by atoms with Crippen molar-refractivity contribution in [2.24, 2.45) is 16.6 Å². The second kappa shape index (κ2) is 6.39. The lowest BCUT2D eigenvalue weighted by atomic mass is 9.91. The molecule has 2 aromatic rings. The van der Waals surface area contributed by atoms with E-state index in [1.807, 2.05) is 23.1 Å². The number of methoxy groups -OCH3 is 1. The Morgan fingerprint density at radius 2 is 2.23 bits per heavy atom. The van der Waals surface area contributed by atoms with E-state index < -0.39 is 5.82 Å². The number of hydrogen-bond donors (Lipinski definition) is 1. The Labute approximate surface area is 154 Å². The highest BCUT2D eigenvalue weighted by Gasteiger charge is 2.52. The van der Waals surface area contributed by atoms with E-state index in [9.17, 15) is 4.39 Å². The van der Waals surface area contributed by atoms with E-state index in [-0.39, 0.29) is 22.2 Å². The van der Waals surface area contributed by atoms with Gasteiger partial charge in [-0.05, 0) is 19.1 Å². The zero-order valence-electron chi connectivity index (χ0n) is 14.5. The molecule has 0 amide bonds. The maximum Gasteiger partial charge on any atom is 0.255 e. The van der Waals surface area contributed by atoms with Crippen LogP contribution in [0.2, 0.25) is 0 Å². The zero-order valence-corrected chi connectivity index (χ0v) is 15.3. The molecule has 2 atom stereocenters. The van der Waals surface area contributed by atoms with Gasteiger partial charge in [-0.2, -0.15) is 9.37 Å². The summed E-state index contributed by atoms with van der Waals surface area (Å²) >= 11 is 1.54. The third-order valence-corrected chi connectivity index (χ3v) is 6.20. The Hall–Kier alpha value is -2.42. The first-order valence-corrected chi connectivity index (χ1v) is 9.08. The summed E-state index contributed by atoms with van der Waals surface area (Å²) in [7, 11) is 1.40. The fourth-order valence-corrected chi connectivity index (χ4v) is 4.81. The fourth-order valence-electron chi connectivity index (χ4n) is 3.53. The number of aromatic nitrogens is 3. The normalized spacial score (nSPS) is 25.0. The van der Waals surface area contributed by atoms with Crippen molar-refractivity contribution in [3.8, 4) is 5.88 Å². The predicted octanol–water partition coefficient (Wildman–Crippen LogP) is 1.72. The number of halogens is 1. The van der Waals surface area contributed by atoms with E-state index in [0.29, 0.717) is 30.8 Å². The number of pyridine rings is 1. The van der Waals surface area contributed by atoms with Gasteiger partial charge in [0.05, 0.1) is 23.2 Å². The number of aliphatic imine (C=N–C) groups is 1. The van der Waals surface area contributed by atoms with Gasteiger partial charge < -0.3 is 15.4 Å². The molecule has 0 aromatic carbocycles. The number of rotatable bonds is 3. The van der Waals surface area contributed by atoms with Gasteiger partial charge in [-0.1, -0.05) is 17.8 Å². The molecule has 0 bridgehead atoms. The van der Waals surface area contributed by atoms with E-state index in [4.69, 9.17) is 10.5 Å². The van der Waals surface area contributed by atoms with Crippen LogP contribution in [-0.4, -0.2) is 46.9 Å². The highest BCUT2D eigenvalue weighted by molar-refractivity contribution is 8.14. The molecule has 136 valence electrons. The van der Waals surface area contributed by atoms with Gasteiger partial charge in [0.15, 0.2) is 5.17 Å². The summed E-state index contributed by atoms with van der Waals surface area (Å²) in [6.07, 6.45) is 1.79. The smallest absolute Gasteiger partial charge is 0.255 e. The zero-order chi connectivity index (χ0) is 18.3. The maximum absolute atomic E-state index is 14.0. The molecule has 4 rings (SSSR count). The first kappa shape index (κ1) is 17.0. The Balaban J connectivity index is 1.74. The van der Waals surface area contributed by atoms with E-state index in [1.54, 1.807) is 13.1 Å². The largest absolute Gasteiger partial charge is 0.479 e. The summed E-state index contributed by atoms with van der Waals surface area (Å²) in [5.74, 6) is 0.0752. The van der Waals surface area contributed by atoms with Crippen LogP contribution in [0.25, 0.3) is 0 Å². The molecule has 7 nitrogen and oxygen atoms in total. The minimum absolute atomic E-state index is 0.0438. The first-order valence-electron chi connectivity index (χ1n) is 8.27. The lowest BCUT2D eigenvalue weighted by Gasteiger charge is -2.35. The standard InChI is InChI=1S/C17H19FN6OS/c1-10-13(18)14(25-2)23-16(22-10)24-8-11-7-21-15(19)26-17(11,9-24)12-5-3-4-6-20-12/h3-6,11H,7-9H2,1-2H3,(H2,19,21)/t11-,17-/m0/s1. The van der Waals surface area contributed by atoms with Gasteiger partial charge in [0, 0.05) is 31.7 Å². The molecular formula is C17H19FN6OS. The molecule has 2 aromatic heterocycles. The summed E-state index contributed by atoms with van der Waals surface area (Å²) in [6.45, 7) is 3.53. The van der Waals surface area contributed by atoms with Crippen LogP contribution < -0.4 is 15.4 Å². The summed E-state index contributed by atoms with van der Waals surface area (Å²) in [5, 5.41) is 0.558. The Kier molecular flexibility index (Phi) is 4.18. The number of amidine groups is 1. The molecular weight excluding hydrogens is 355 g/mol. The van der Waals surface area contributed by atoms with Crippen molar-refractivity contribution in [2.45, 2.75) is 11.7 Å². The number of nitrogens with two attached hydrogens (primary N) is 1. The minimum atomic E-state index is -0.533. The van der Waals surface area contributed by atoms with Crippen molar-refractivity contribution in [1.29, 1.82) is 0 Å². The third-order valence-electron chi connectivity index (χ3n) is 4.83. The molecule has 0 radical (unpaired) electrons. The van der Waals surface area contributed by atoms with Gasteiger partial charge in [0.25, 0.3) is 5.88 Å². The van der Waals surface area contributed by atoms with E-state index in [1.165, 1.54) is 18.9 Å². The number of fused-ring (bicyclic) bond motifs is 1. The minimum Gasteiger partial charge on any atom is -0.479 e. The number of aryl methyl sites for hydroxylation is 1. The number of hydrogen-bond acceptors (Lipinski definition) is 8. The summed E-state index contributed by atoms with van der Waals surface area (Å²) in [4.78, 5) is 19.6. The first-order chi connectivity index (χ1) is 12.5. The molecule has 1 saturated heterocycles. The van der Waals surface area contributed by atoms with E-state index in [0.717, 1.165) is 5.69 Å². The average Bonchev–Trinajstić information content (AvgIpc) is 3.04. The summed E-state index contributed by atoms with van der Waals surface area (Å²) < 4.78 is 18.8. The van der Waals surface area contributed by atoms with Gasteiger partial charge >= 0.3 is 0 Å². The second-order valence-electron chi connectivity index (χ2n) is 6.40. The second-order valence-corrected chi connectivity index (χ2v) is 7.75. The van der Waals surface area contributed by atoms with E-state index >= 15 is 0 Å². The lowest BCUT2D eigenvalue weighted by Crippen LogP contribution is -2.40. The lowest BCUT2D eigenvalue weighted by molar-refractivity contribution is 0.365. The number of anilines is 1. The van der Waals surface area contributed by atoms with Crippen LogP contribution in [0.15, 0.2) is 29.4 Å². The van der Waals surface area contributed by atoms with Crippen molar-refractivity contribution in [3.63, 3.8) is 0 Å². The van der Waals surface area contributed by atoms with Gasteiger partial charge in [0.1, 0.15) is 0 Å². The van der Waals surface area contributed by atoms with Crippen LogP contribution >= 0.6 is 11.8 Å². The Bertz CT molecular complexity index is 864. The SMILES string of the molecule is COc1nc(N2C[C@@H]3CN=C(N)S[C@@]3(c3ccccn3)C2)nc(C)c1F. The van der Waals surface area contributed by atoms with Crippen LogP contribution in [0.4, 0.5) is 10.3 Å². The van der Waals surface area contributed by atoms with Crippen molar-refractivity contribution >= 4 is 22.9 Å². The molecule has 4 heterocycles. The number of thioether (sulfide) groups is 1. The van der Waals surface area contributed by atoms with Crippen molar-refractivity contribution < 1.29 is 9.13 Å². The summed E-state index contributed by atoms with van der Waals surface area (Å²) in [5.41, 5.74) is 7.27. The molecule has 9 heteroatoms. The Morgan fingerprint density at radius 1 is 1.38 bits per heavy atom.